The highest BCUT2D eigenvalue weighted by molar-refractivity contribution is 5.92. The van der Waals surface area contributed by atoms with Crippen LogP contribution in [0.4, 0.5) is 0 Å². The maximum atomic E-state index is 2.26. The third kappa shape index (κ3) is 2.11. The van der Waals surface area contributed by atoms with Gasteiger partial charge in [0.1, 0.15) is 0 Å². The van der Waals surface area contributed by atoms with Crippen LogP contribution in [0, 0.1) is 6.92 Å². The topological polar surface area (TPSA) is 0 Å². The zero-order valence-corrected chi connectivity index (χ0v) is 10.8. The molecule has 0 nitrogen and oxygen atoms in total. The Morgan fingerprint density at radius 1 is 0.667 bits per heavy atom. The van der Waals surface area contributed by atoms with E-state index in [-0.39, 0.29) is 0 Å². The van der Waals surface area contributed by atoms with Crippen LogP contribution in [0.3, 0.4) is 0 Å². The molecule has 0 radical (unpaired) electrons. The quantitative estimate of drug-likeness (QED) is 0.679. The van der Waals surface area contributed by atoms with E-state index in [1.165, 1.54) is 36.0 Å². The van der Waals surface area contributed by atoms with Gasteiger partial charge in [0, 0.05) is 0 Å². The van der Waals surface area contributed by atoms with Crippen LogP contribution >= 0.6 is 0 Å². The van der Waals surface area contributed by atoms with Crippen molar-refractivity contribution in [2.75, 3.05) is 0 Å². The second-order valence-corrected chi connectivity index (χ2v) is 5.04. The highest BCUT2D eigenvalue weighted by Gasteiger charge is 2.16. The molecular weight excluding hydrogens is 216 g/mol. The van der Waals surface area contributed by atoms with Crippen LogP contribution in [-0.4, -0.2) is 0 Å². The van der Waals surface area contributed by atoms with E-state index < -0.39 is 0 Å². The molecule has 0 N–H and O–H groups in total. The van der Waals surface area contributed by atoms with Gasteiger partial charge in [0.25, 0.3) is 0 Å². The molecule has 0 amide bonds. The molecule has 0 fully saturated rings. The first-order chi connectivity index (χ1) is 8.84. The zero-order valence-electron chi connectivity index (χ0n) is 10.8. The minimum Gasteiger partial charge on any atom is -0.0622 e. The normalized spacial score (nSPS) is 15.2. The molecule has 0 atom stereocenters. The van der Waals surface area contributed by atoms with Gasteiger partial charge in [0.05, 0.1) is 0 Å². The molecule has 0 saturated heterocycles. The average Bonchev–Trinajstić information content (AvgIpc) is 2.90. The zero-order chi connectivity index (χ0) is 12.4. The molecule has 0 spiro atoms. The van der Waals surface area contributed by atoms with Crippen LogP contribution in [0.15, 0.2) is 54.6 Å². The first kappa shape index (κ1) is 11.3. The van der Waals surface area contributed by atoms with Crippen molar-refractivity contribution in [3.8, 4) is 0 Å². The van der Waals surface area contributed by atoms with Crippen molar-refractivity contribution in [2.24, 2.45) is 0 Å². The van der Waals surface area contributed by atoms with Crippen LogP contribution in [0.2, 0.25) is 0 Å². The second kappa shape index (κ2) is 4.81. The van der Waals surface area contributed by atoms with Gasteiger partial charge in [-0.05, 0) is 48.5 Å². The van der Waals surface area contributed by atoms with Gasteiger partial charge in [0.2, 0.25) is 0 Å². The van der Waals surface area contributed by atoms with Crippen molar-refractivity contribution in [2.45, 2.75) is 26.2 Å². The van der Waals surface area contributed by atoms with Crippen molar-refractivity contribution >= 4 is 11.1 Å². The number of allylic oxidation sites excluding steroid dienone is 2. The van der Waals surface area contributed by atoms with Gasteiger partial charge < -0.3 is 0 Å². The van der Waals surface area contributed by atoms with E-state index in [1.54, 1.807) is 11.1 Å². The van der Waals surface area contributed by atoms with Gasteiger partial charge in [-0.1, -0.05) is 60.2 Å². The summed E-state index contributed by atoms with van der Waals surface area (Å²) in [6, 6.07) is 19.8. The monoisotopic (exact) mass is 234 g/mol. The van der Waals surface area contributed by atoms with Crippen molar-refractivity contribution in [1.29, 1.82) is 0 Å². The Bertz CT molecular complexity index is 559. The molecule has 90 valence electrons. The van der Waals surface area contributed by atoms with E-state index in [9.17, 15) is 0 Å². The summed E-state index contributed by atoms with van der Waals surface area (Å²) >= 11 is 0. The summed E-state index contributed by atoms with van der Waals surface area (Å²) in [6.45, 7) is 2.14. The Morgan fingerprint density at radius 3 is 1.83 bits per heavy atom. The predicted molar refractivity (Wildman–Crippen MR) is 78.3 cm³/mol. The lowest BCUT2D eigenvalue weighted by molar-refractivity contribution is 0.942. The fraction of sp³-hybridized carbons (Fsp3) is 0.222. The summed E-state index contributed by atoms with van der Waals surface area (Å²) in [5.41, 5.74) is 7.21. The molecule has 1 aliphatic carbocycles. The molecular formula is C18H18. The Kier molecular flexibility index (Phi) is 3.02. The Morgan fingerprint density at radius 2 is 1.22 bits per heavy atom. The smallest absolute Gasteiger partial charge is 0.0221 e. The minimum atomic E-state index is 1.22. The van der Waals surface area contributed by atoms with E-state index in [0.29, 0.717) is 0 Å². The molecule has 0 aromatic heterocycles. The van der Waals surface area contributed by atoms with Gasteiger partial charge >= 0.3 is 0 Å². The summed E-state index contributed by atoms with van der Waals surface area (Å²) in [5, 5.41) is 0. The number of rotatable bonds is 2. The lowest BCUT2D eigenvalue weighted by Gasteiger charge is -2.08. The molecule has 0 heteroatoms. The SMILES string of the molecule is Cc1ccc(C2=C(c3ccccc3)CCC2)cc1. The van der Waals surface area contributed by atoms with Crippen LogP contribution in [0.1, 0.15) is 36.0 Å². The molecule has 0 heterocycles. The third-order valence-electron chi connectivity index (χ3n) is 3.74. The summed E-state index contributed by atoms with van der Waals surface area (Å²) in [5.74, 6) is 0. The summed E-state index contributed by atoms with van der Waals surface area (Å²) < 4.78 is 0. The molecule has 0 aliphatic heterocycles. The molecule has 3 rings (SSSR count). The summed E-state index contributed by atoms with van der Waals surface area (Å²) in [7, 11) is 0. The van der Waals surface area contributed by atoms with Crippen molar-refractivity contribution in [1.82, 2.24) is 0 Å². The van der Waals surface area contributed by atoms with Crippen molar-refractivity contribution in [3.63, 3.8) is 0 Å². The fourth-order valence-electron chi connectivity index (χ4n) is 2.77. The summed E-state index contributed by atoms with van der Waals surface area (Å²) in [4.78, 5) is 0. The second-order valence-electron chi connectivity index (χ2n) is 5.04. The molecule has 2 aromatic rings. The van der Waals surface area contributed by atoms with E-state index in [4.69, 9.17) is 0 Å². The standard InChI is InChI=1S/C18H18/c1-14-10-12-16(13-11-14)18-9-5-8-17(18)15-6-3-2-4-7-15/h2-4,6-7,10-13H,5,8-9H2,1H3. The number of aryl methyl sites for hydroxylation is 1. The maximum absolute atomic E-state index is 2.26. The highest BCUT2D eigenvalue weighted by Crippen LogP contribution is 2.39. The number of hydrogen-bond acceptors (Lipinski definition) is 0. The Hall–Kier alpha value is -1.82. The molecule has 0 unspecified atom stereocenters. The highest BCUT2D eigenvalue weighted by atomic mass is 14.2. The number of benzene rings is 2. The van der Waals surface area contributed by atoms with Crippen molar-refractivity contribution in [3.05, 3.63) is 71.3 Å². The van der Waals surface area contributed by atoms with Crippen LogP contribution in [-0.2, 0) is 0 Å². The van der Waals surface area contributed by atoms with Gasteiger partial charge in [-0.3, -0.25) is 0 Å². The van der Waals surface area contributed by atoms with E-state index >= 15 is 0 Å². The predicted octanol–water partition coefficient (Wildman–Crippen LogP) is 5.09. The molecule has 2 aromatic carbocycles. The van der Waals surface area contributed by atoms with E-state index in [1.807, 2.05) is 0 Å². The van der Waals surface area contributed by atoms with Crippen molar-refractivity contribution < 1.29 is 0 Å². The Labute approximate surface area is 109 Å². The minimum absolute atomic E-state index is 1.22. The summed E-state index contributed by atoms with van der Waals surface area (Å²) in [6.07, 6.45) is 3.72. The van der Waals surface area contributed by atoms with Gasteiger partial charge in [-0.25, -0.2) is 0 Å². The van der Waals surface area contributed by atoms with Crippen LogP contribution in [0.25, 0.3) is 11.1 Å². The first-order valence-electron chi connectivity index (χ1n) is 6.69. The van der Waals surface area contributed by atoms with Gasteiger partial charge in [-0.2, -0.15) is 0 Å². The maximum Gasteiger partial charge on any atom is -0.0221 e. The number of hydrogen-bond donors (Lipinski definition) is 0. The largest absolute Gasteiger partial charge is 0.0622 e. The first-order valence-corrected chi connectivity index (χ1v) is 6.69. The molecule has 18 heavy (non-hydrogen) atoms. The lowest BCUT2D eigenvalue weighted by Crippen LogP contribution is -1.86. The van der Waals surface area contributed by atoms with Crippen LogP contribution < -0.4 is 0 Å². The molecule has 0 saturated carbocycles. The molecule has 0 bridgehead atoms. The Balaban J connectivity index is 2.06. The van der Waals surface area contributed by atoms with E-state index in [2.05, 4.69) is 61.5 Å². The van der Waals surface area contributed by atoms with Crippen LogP contribution in [0.5, 0.6) is 0 Å². The van der Waals surface area contributed by atoms with Gasteiger partial charge in [-0.15, -0.1) is 0 Å². The third-order valence-corrected chi connectivity index (χ3v) is 3.74. The lowest BCUT2D eigenvalue weighted by atomic mass is 9.96. The van der Waals surface area contributed by atoms with Gasteiger partial charge in [0.15, 0.2) is 0 Å². The fourth-order valence-corrected chi connectivity index (χ4v) is 2.77. The average molecular weight is 234 g/mol. The van der Waals surface area contributed by atoms with E-state index in [0.717, 1.165) is 0 Å². The molecule has 1 aliphatic rings.